The van der Waals surface area contributed by atoms with Crippen LogP contribution in [0.5, 0.6) is 0 Å². The lowest BCUT2D eigenvalue weighted by atomic mass is 10.4. The minimum Gasteiger partial charge on any atom is -0.392 e. The van der Waals surface area contributed by atoms with Crippen LogP contribution in [0, 0.1) is 0 Å². The molecule has 0 aliphatic rings. The normalized spacial score (nSPS) is 12.3. The molecule has 1 atom stereocenters. The first-order valence-electron chi connectivity index (χ1n) is 4.25. The molecule has 0 aromatic carbocycles. The molecule has 78 valence electrons. The van der Waals surface area contributed by atoms with Crippen molar-refractivity contribution < 1.29 is 5.11 Å². The van der Waals surface area contributed by atoms with Gasteiger partial charge in [-0.05, 0) is 6.92 Å². The Morgan fingerprint density at radius 3 is 2.86 bits per heavy atom. The van der Waals surface area contributed by atoms with E-state index in [1.807, 2.05) is 0 Å². The van der Waals surface area contributed by atoms with E-state index in [0.29, 0.717) is 23.2 Å². The Morgan fingerprint density at radius 2 is 2.29 bits per heavy atom. The smallest absolute Gasteiger partial charge is 0.157 e. The van der Waals surface area contributed by atoms with Crippen LogP contribution < -0.4 is 10.6 Å². The Balaban J connectivity index is 2.80. The molecular formula is C8H13ClN4O. The number of rotatable bonds is 4. The predicted molar refractivity (Wildman–Crippen MR) is 56.8 cm³/mol. The maximum absolute atomic E-state index is 9.09. The summed E-state index contributed by atoms with van der Waals surface area (Å²) in [5.74, 6) is 0.591. The Kier molecular flexibility index (Phi) is 3.91. The largest absolute Gasteiger partial charge is 0.392 e. The highest BCUT2D eigenvalue weighted by Gasteiger charge is 2.07. The van der Waals surface area contributed by atoms with Crippen LogP contribution in [-0.4, -0.2) is 34.8 Å². The number of halogens is 1. The zero-order valence-corrected chi connectivity index (χ0v) is 8.84. The first kappa shape index (κ1) is 11.0. The van der Waals surface area contributed by atoms with Gasteiger partial charge < -0.3 is 15.7 Å². The van der Waals surface area contributed by atoms with Gasteiger partial charge in [-0.15, -0.1) is 0 Å². The van der Waals surface area contributed by atoms with E-state index < -0.39 is 6.10 Å². The van der Waals surface area contributed by atoms with Crippen LogP contribution in [0.2, 0.25) is 5.15 Å². The van der Waals surface area contributed by atoms with E-state index in [0.717, 1.165) is 0 Å². The van der Waals surface area contributed by atoms with E-state index in [1.54, 1.807) is 14.0 Å². The Morgan fingerprint density at radius 1 is 1.57 bits per heavy atom. The third kappa shape index (κ3) is 2.71. The number of hydrogen-bond acceptors (Lipinski definition) is 5. The first-order chi connectivity index (χ1) is 6.65. The third-order valence-electron chi connectivity index (χ3n) is 1.62. The fourth-order valence-electron chi connectivity index (χ4n) is 0.964. The Bertz CT molecular complexity index is 305. The van der Waals surface area contributed by atoms with Crippen LogP contribution in [0.4, 0.5) is 11.5 Å². The van der Waals surface area contributed by atoms with Crippen LogP contribution in [0.25, 0.3) is 0 Å². The summed E-state index contributed by atoms with van der Waals surface area (Å²) in [5.41, 5.74) is 0.634. The van der Waals surface area contributed by atoms with E-state index in [1.165, 1.54) is 6.33 Å². The highest BCUT2D eigenvalue weighted by Crippen LogP contribution is 2.24. The summed E-state index contributed by atoms with van der Waals surface area (Å²) in [4.78, 5) is 7.83. The topological polar surface area (TPSA) is 70.1 Å². The molecule has 1 rings (SSSR count). The number of hydrogen-bond donors (Lipinski definition) is 3. The molecule has 0 amide bonds. The molecule has 0 saturated carbocycles. The molecule has 1 aromatic rings. The Hall–Kier alpha value is -1.07. The average Bonchev–Trinajstić information content (AvgIpc) is 2.14. The lowest BCUT2D eigenvalue weighted by molar-refractivity contribution is 0.208. The number of aliphatic hydroxyl groups excluding tert-OH is 1. The quantitative estimate of drug-likeness (QED) is 0.655. The summed E-state index contributed by atoms with van der Waals surface area (Å²) >= 11 is 5.83. The second kappa shape index (κ2) is 4.97. The summed E-state index contributed by atoms with van der Waals surface area (Å²) in [7, 11) is 1.73. The molecule has 0 spiro atoms. The summed E-state index contributed by atoms with van der Waals surface area (Å²) in [5, 5.41) is 15.3. The number of aromatic nitrogens is 2. The minimum absolute atomic E-state index is 0.357. The van der Waals surface area contributed by atoms with E-state index in [-0.39, 0.29) is 0 Å². The van der Waals surface area contributed by atoms with Crippen molar-refractivity contribution in [3.63, 3.8) is 0 Å². The highest BCUT2D eigenvalue weighted by molar-refractivity contribution is 6.32. The highest BCUT2D eigenvalue weighted by atomic mass is 35.5. The van der Waals surface area contributed by atoms with Gasteiger partial charge >= 0.3 is 0 Å². The SMILES string of the molecule is CNc1c(Cl)ncnc1NC[C@H](C)O. The van der Waals surface area contributed by atoms with Crippen LogP contribution >= 0.6 is 11.6 Å². The first-order valence-corrected chi connectivity index (χ1v) is 4.63. The minimum atomic E-state index is -0.437. The van der Waals surface area contributed by atoms with Gasteiger partial charge in [0.15, 0.2) is 11.0 Å². The second-order valence-corrected chi connectivity index (χ2v) is 3.23. The van der Waals surface area contributed by atoms with Gasteiger partial charge in [0, 0.05) is 13.6 Å². The molecule has 0 radical (unpaired) electrons. The van der Waals surface area contributed by atoms with Crippen LogP contribution in [0.1, 0.15) is 6.92 Å². The van der Waals surface area contributed by atoms with E-state index in [2.05, 4.69) is 20.6 Å². The van der Waals surface area contributed by atoms with Gasteiger partial charge in [0.25, 0.3) is 0 Å². The van der Waals surface area contributed by atoms with Crippen molar-refractivity contribution in [2.45, 2.75) is 13.0 Å². The van der Waals surface area contributed by atoms with Crippen molar-refractivity contribution in [1.29, 1.82) is 0 Å². The molecular weight excluding hydrogens is 204 g/mol. The van der Waals surface area contributed by atoms with E-state index in [9.17, 15) is 0 Å². The van der Waals surface area contributed by atoms with Gasteiger partial charge in [-0.1, -0.05) is 11.6 Å². The standard InChI is InChI=1S/C8H13ClN4O/c1-5(14)3-11-8-6(10-2)7(9)12-4-13-8/h4-5,10,14H,3H2,1-2H3,(H,11,12,13)/t5-/m0/s1. The van der Waals surface area contributed by atoms with Crippen molar-refractivity contribution in [3.05, 3.63) is 11.5 Å². The molecule has 1 heterocycles. The number of anilines is 2. The maximum Gasteiger partial charge on any atom is 0.157 e. The molecule has 5 nitrogen and oxygen atoms in total. The van der Waals surface area contributed by atoms with Crippen molar-refractivity contribution in [1.82, 2.24) is 9.97 Å². The molecule has 6 heteroatoms. The molecule has 1 aromatic heterocycles. The predicted octanol–water partition coefficient (Wildman–Crippen LogP) is 0.964. The molecule has 14 heavy (non-hydrogen) atoms. The van der Waals surface area contributed by atoms with Gasteiger partial charge in [-0.25, -0.2) is 9.97 Å². The van der Waals surface area contributed by atoms with Gasteiger partial charge in [0.05, 0.1) is 6.10 Å². The fourth-order valence-corrected chi connectivity index (χ4v) is 1.19. The molecule has 0 unspecified atom stereocenters. The van der Waals surface area contributed by atoms with E-state index >= 15 is 0 Å². The molecule has 3 N–H and O–H groups in total. The molecule has 0 bridgehead atoms. The van der Waals surface area contributed by atoms with Gasteiger partial charge in [-0.3, -0.25) is 0 Å². The summed E-state index contributed by atoms with van der Waals surface area (Å²) < 4.78 is 0. The van der Waals surface area contributed by atoms with Crippen LogP contribution in [0.3, 0.4) is 0 Å². The number of nitrogens with one attached hydrogen (secondary N) is 2. The summed E-state index contributed by atoms with van der Waals surface area (Å²) in [6.07, 6.45) is 0.932. The lowest BCUT2D eigenvalue weighted by Gasteiger charge is -2.11. The van der Waals surface area contributed by atoms with Crippen molar-refractivity contribution in [2.75, 3.05) is 24.2 Å². The van der Waals surface area contributed by atoms with Crippen LogP contribution in [-0.2, 0) is 0 Å². The molecule has 0 fully saturated rings. The lowest BCUT2D eigenvalue weighted by Crippen LogP contribution is -2.17. The number of aliphatic hydroxyl groups is 1. The monoisotopic (exact) mass is 216 g/mol. The van der Waals surface area contributed by atoms with Gasteiger partial charge in [0.1, 0.15) is 12.0 Å². The zero-order chi connectivity index (χ0) is 10.6. The maximum atomic E-state index is 9.09. The second-order valence-electron chi connectivity index (χ2n) is 2.87. The summed E-state index contributed by atoms with van der Waals surface area (Å²) in [6, 6.07) is 0. The van der Waals surface area contributed by atoms with Gasteiger partial charge in [-0.2, -0.15) is 0 Å². The third-order valence-corrected chi connectivity index (χ3v) is 1.90. The molecule has 0 aliphatic carbocycles. The summed E-state index contributed by atoms with van der Waals surface area (Å²) in [6.45, 7) is 2.11. The molecule has 0 aliphatic heterocycles. The Labute approximate surface area is 87.5 Å². The van der Waals surface area contributed by atoms with Crippen molar-refractivity contribution in [2.24, 2.45) is 0 Å². The zero-order valence-electron chi connectivity index (χ0n) is 8.08. The van der Waals surface area contributed by atoms with E-state index in [4.69, 9.17) is 16.7 Å². The van der Waals surface area contributed by atoms with Crippen LogP contribution in [0.15, 0.2) is 6.33 Å². The van der Waals surface area contributed by atoms with Crippen molar-refractivity contribution >= 4 is 23.1 Å². The number of nitrogens with zero attached hydrogens (tertiary/aromatic N) is 2. The molecule has 0 saturated heterocycles. The van der Waals surface area contributed by atoms with Gasteiger partial charge in [0.2, 0.25) is 0 Å². The van der Waals surface area contributed by atoms with Crippen molar-refractivity contribution in [3.8, 4) is 0 Å². The average molecular weight is 217 g/mol. The fraction of sp³-hybridized carbons (Fsp3) is 0.500.